The number of aryl methyl sites for hydroxylation is 1. The molecule has 0 aromatic carbocycles. The Morgan fingerprint density at radius 1 is 1.24 bits per heavy atom. The summed E-state index contributed by atoms with van der Waals surface area (Å²) in [5, 5.41) is 6.41. The van der Waals surface area contributed by atoms with E-state index >= 15 is 0 Å². The van der Waals surface area contributed by atoms with Gasteiger partial charge in [0.2, 0.25) is 5.91 Å². The van der Waals surface area contributed by atoms with E-state index in [0.29, 0.717) is 36.6 Å². The van der Waals surface area contributed by atoms with Gasteiger partial charge in [0.1, 0.15) is 28.8 Å². The molecule has 0 unspecified atom stereocenters. The lowest BCUT2D eigenvalue weighted by atomic mass is 9.93. The first-order chi connectivity index (χ1) is 13.7. The molecule has 9 nitrogen and oxygen atoms in total. The van der Waals surface area contributed by atoms with Crippen molar-refractivity contribution in [2.24, 2.45) is 11.1 Å². The molecule has 0 saturated carbocycles. The van der Waals surface area contributed by atoms with Crippen molar-refractivity contribution >= 4 is 28.6 Å². The SMILES string of the molecule is Cc1nc2cnc(Nc3ccnc(CNCC(C)(C)C(N)=O)n3)cc2n1C(C)C. The Kier molecular flexibility index (Phi) is 5.78. The van der Waals surface area contributed by atoms with Crippen molar-refractivity contribution in [1.29, 1.82) is 0 Å². The van der Waals surface area contributed by atoms with E-state index in [2.05, 4.69) is 49.0 Å². The minimum absolute atomic E-state index is 0.302. The third-order valence-electron chi connectivity index (χ3n) is 4.75. The Morgan fingerprint density at radius 2 is 2.00 bits per heavy atom. The highest BCUT2D eigenvalue weighted by atomic mass is 16.1. The predicted molar refractivity (Wildman–Crippen MR) is 113 cm³/mol. The average molecular weight is 396 g/mol. The van der Waals surface area contributed by atoms with Crippen molar-refractivity contribution < 1.29 is 4.79 Å². The van der Waals surface area contributed by atoms with Crippen LogP contribution in [0, 0.1) is 12.3 Å². The molecule has 0 aliphatic rings. The van der Waals surface area contributed by atoms with Crippen molar-refractivity contribution in [2.45, 2.75) is 47.2 Å². The molecule has 0 radical (unpaired) electrons. The van der Waals surface area contributed by atoms with Crippen LogP contribution in [0.5, 0.6) is 0 Å². The Labute approximate surface area is 170 Å². The Balaban J connectivity index is 1.73. The molecule has 3 heterocycles. The number of hydrogen-bond donors (Lipinski definition) is 3. The van der Waals surface area contributed by atoms with Gasteiger partial charge in [0.15, 0.2) is 0 Å². The Morgan fingerprint density at radius 3 is 2.69 bits per heavy atom. The third-order valence-corrected chi connectivity index (χ3v) is 4.75. The van der Waals surface area contributed by atoms with Gasteiger partial charge in [-0.05, 0) is 40.7 Å². The molecule has 0 spiro atoms. The van der Waals surface area contributed by atoms with Crippen LogP contribution in [0.2, 0.25) is 0 Å². The van der Waals surface area contributed by atoms with Gasteiger partial charge in [-0.3, -0.25) is 4.79 Å². The van der Waals surface area contributed by atoms with Crippen molar-refractivity contribution in [3.05, 3.63) is 36.2 Å². The van der Waals surface area contributed by atoms with Crippen LogP contribution in [0.3, 0.4) is 0 Å². The minimum Gasteiger partial charge on any atom is -0.369 e. The lowest BCUT2D eigenvalue weighted by molar-refractivity contribution is -0.125. The third kappa shape index (κ3) is 4.68. The lowest BCUT2D eigenvalue weighted by Crippen LogP contribution is -2.40. The molecule has 0 aliphatic carbocycles. The van der Waals surface area contributed by atoms with Gasteiger partial charge < -0.3 is 20.9 Å². The summed E-state index contributed by atoms with van der Waals surface area (Å²) in [5.41, 5.74) is 6.66. The second-order valence-electron chi connectivity index (χ2n) is 8.02. The summed E-state index contributed by atoms with van der Waals surface area (Å²) in [6, 6.07) is 4.06. The molecule has 3 aromatic heterocycles. The fraction of sp³-hybridized carbons (Fsp3) is 0.450. The summed E-state index contributed by atoms with van der Waals surface area (Å²) in [7, 11) is 0. The number of carbonyl (C=O) groups excluding carboxylic acids is 1. The van der Waals surface area contributed by atoms with Crippen LogP contribution in [-0.2, 0) is 11.3 Å². The van der Waals surface area contributed by atoms with E-state index in [0.717, 1.165) is 16.9 Å². The van der Waals surface area contributed by atoms with Crippen molar-refractivity contribution in [2.75, 3.05) is 11.9 Å². The molecule has 0 bridgehead atoms. The van der Waals surface area contributed by atoms with E-state index < -0.39 is 5.41 Å². The number of hydrogen-bond acceptors (Lipinski definition) is 7. The van der Waals surface area contributed by atoms with Gasteiger partial charge in [-0.25, -0.2) is 19.9 Å². The number of nitrogens with zero attached hydrogens (tertiary/aromatic N) is 5. The number of pyridine rings is 1. The molecule has 0 aliphatic heterocycles. The first-order valence-corrected chi connectivity index (χ1v) is 9.61. The van der Waals surface area contributed by atoms with E-state index in [-0.39, 0.29) is 5.91 Å². The number of aromatic nitrogens is 5. The van der Waals surface area contributed by atoms with E-state index in [4.69, 9.17) is 5.73 Å². The highest BCUT2D eigenvalue weighted by Gasteiger charge is 2.24. The van der Waals surface area contributed by atoms with Crippen LogP contribution >= 0.6 is 0 Å². The summed E-state index contributed by atoms with van der Waals surface area (Å²) in [5.74, 6) is 2.55. The van der Waals surface area contributed by atoms with Crippen LogP contribution in [-0.4, -0.2) is 37.0 Å². The van der Waals surface area contributed by atoms with Gasteiger partial charge in [0, 0.05) is 24.8 Å². The largest absolute Gasteiger partial charge is 0.369 e. The number of nitrogens with one attached hydrogen (secondary N) is 2. The quantitative estimate of drug-likeness (QED) is 0.534. The van der Waals surface area contributed by atoms with Gasteiger partial charge in [-0.2, -0.15) is 0 Å². The normalized spacial score (nSPS) is 11.9. The van der Waals surface area contributed by atoms with Gasteiger partial charge in [0.05, 0.1) is 23.7 Å². The van der Waals surface area contributed by atoms with E-state index in [9.17, 15) is 4.79 Å². The maximum atomic E-state index is 11.4. The first kappa shape index (κ1) is 20.7. The Bertz CT molecular complexity index is 1020. The fourth-order valence-electron chi connectivity index (χ4n) is 3.10. The molecule has 29 heavy (non-hydrogen) atoms. The predicted octanol–water partition coefficient (Wildman–Crippen LogP) is 2.46. The van der Waals surface area contributed by atoms with Crippen LogP contribution in [0.25, 0.3) is 11.0 Å². The zero-order chi connectivity index (χ0) is 21.2. The van der Waals surface area contributed by atoms with Crippen molar-refractivity contribution in [3.8, 4) is 0 Å². The monoisotopic (exact) mass is 396 g/mol. The zero-order valence-electron chi connectivity index (χ0n) is 17.5. The van der Waals surface area contributed by atoms with Crippen molar-refractivity contribution in [3.63, 3.8) is 0 Å². The van der Waals surface area contributed by atoms with E-state index in [1.807, 2.05) is 13.0 Å². The standard InChI is InChI=1S/C20H28N8O/c1-12(2)28-13(3)25-14-9-24-17(8-15(14)28)26-16-6-7-23-18(27-16)10-22-11-20(4,5)19(21)29/h6-9,12,22H,10-11H2,1-5H3,(H2,21,29)(H,23,24,26,27). The molecule has 0 saturated heterocycles. The summed E-state index contributed by atoms with van der Waals surface area (Å²) in [4.78, 5) is 29.2. The highest BCUT2D eigenvalue weighted by molar-refractivity contribution is 5.80. The molecule has 0 atom stereocenters. The lowest BCUT2D eigenvalue weighted by Gasteiger charge is -2.20. The fourth-order valence-corrected chi connectivity index (χ4v) is 3.10. The molecule has 4 N–H and O–H groups in total. The van der Waals surface area contributed by atoms with E-state index in [1.165, 1.54) is 0 Å². The van der Waals surface area contributed by atoms with Gasteiger partial charge in [-0.1, -0.05) is 0 Å². The van der Waals surface area contributed by atoms with E-state index in [1.54, 1.807) is 32.3 Å². The highest BCUT2D eigenvalue weighted by Crippen LogP contribution is 2.23. The topological polar surface area (TPSA) is 124 Å². The van der Waals surface area contributed by atoms with Crippen LogP contribution in [0.4, 0.5) is 11.6 Å². The molecule has 3 rings (SSSR count). The van der Waals surface area contributed by atoms with Crippen LogP contribution < -0.4 is 16.4 Å². The van der Waals surface area contributed by atoms with Gasteiger partial charge in [-0.15, -0.1) is 0 Å². The summed E-state index contributed by atoms with van der Waals surface area (Å²) in [6.07, 6.45) is 3.45. The zero-order valence-corrected chi connectivity index (χ0v) is 17.5. The summed E-state index contributed by atoms with van der Waals surface area (Å²) < 4.78 is 2.18. The van der Waals surface area contributed by atoms with Gasteiger partial charge in [0.25, 0.3) is 0 Å². The van der Waals surface area contributed by atoms with Crippen LogP contribution in [0.15, 0.2) is 24.5 Å². The Hall–Kier alpha value is -3.07. The molecule has 9 heteroatoms. The number of nitrogens with two attached hydrogens (primary N) is 1. The molecular weight excluding hydrogens is 368 g/mol. The first-order valence-electron chi connectivity index (χ1n) is 9.61. The molecule has 154 valence electrons. The number of rotatable bonds is 8. The average Bonchev–Trinajstić information content (AvgIpc) is 2.97. The molecule has 0 fully saturated rings. The molecule has 3 aromatic rings. The minimum atomic E-state index is -0.632. The maximum Gasteiger partial charge on any atom is 0.224 e. The second-order valence-corrected chi connectivity index (χ2v) is 8.02. The number of carbonyl (C=O) groups is 1. The second kappa shape index (κ2) is 8.12. The molecular formula is C20H28N8O. The number of amides is 1. The van der Waals surface area contributed by atoms with Crippen molar-refractivity contribution in [1.82, 2.24) is 29.8 Å². The molecule has 1 amide bonds. The summed E-state index contributed by atoms with van der Waals surface area (Å²) >= 11 is 0. The summed E-state index contributed by atoms with van der Waals surface area (Å²) in [6.45, 7) is 10.7. The van der Waals surface area contributed by atoms with Gasteiger partial charge >= 0.3 is 0 Å². The maximum absolute atomic E-state index is 11.4. The number of anilines is 2. The number of fused-ring (bicyclic) bond motifs is 1. The number of imidazole rings is 1. The number of primary amides is 1. The van der Waals surface area contributed by atoms with Crippen LogP contribution in [0.1, 0.15) is 45.4 Å². The smallest absolute Gasteiger partial charge is 0.224 e.